The first-order valence-corrected chi connectivity index (χ1v) is 6.81. The van der Waals surface area contributed by atoms with E-state index in [0.29, 0.717) is 6.54 Å². The number of nitrogens with zero attached hydrogens (tertiary/aromatic N) is 3. The van der Waals surface area contributed by atoms with Gasteiger partial charge in [-0.1, -0.05) is 12.8 Å². The summed E-state index contributed by atoms with van der Waals surface area (Å²) in [4.78, 5) is 24.6. The van der Waals surface area contributed by atoms with Crippen LogP contribution in [-0.4, -0.2) is 44.4 Å². The molecule has 0 saturated heterocycles. The number of aliphatic carboxylic acids is 1. The summed E-state index contributed by atoms with van der Waals surface area (Å²) in [6, 6.07) is 1.54. The minimum Gasteiger partial charge on any atom is -0.480 e. The Kier molecular flexibility index (Phi) is 4.60. The van der Waals surface area contributed by atoms with Gasteiger partial charge in [-0.05, 0) is 18.9 Å². The highest BCUT2D eigenvalue weighted by molar-refractivity contribution is 5.80. The summed E-state index contributed by atoms with van der Waals surface area (Å²) in [7, 11) is 1.80. The Labute approximate surface area is 117 Å². The van der Waals surface area contributed by atoms with Crippen molar-refractivity contribution in [2.45, 2.75) is 38.3 Å². The summed E-state index contributed by atoms with van der Waals surface area (Å²) < 4.78 is 1.68. The van der Waals surface area contributed by atoms with Crippen LogP contribution in [0.5, 0.6) is 0 Å². The molecule has 1 aliphatic carbocycles. The molecule has 7 heteroatoms. The lowest BCUT2D eigenvalue weighted by Crippen LogP contribution is -2.47. The first-order valence-electron chi connectivity index (χ1n) is 6.81. The van der Waals surface area contributed by atoms with Gasteiger partial charge in [0.05, 0.1) is 12.2 Å². The molecule has 1 aromatic rings. The highest BCUT2D eigenvalue weighted by Gasteiger charge is 2.28. The molecule has 0 aromatic carbocycles. The van der Waals surface area contributed by atoms with Gasteiger partial charge in [0.25, 0.3) is 0 Å². The summed E-state index contributed by atoms with van der Waals surface area (Å²) in [6.07, 6.45) is 5.53. The Morgan fingerprint density at radius 3 is 2.75 bits per heavy atom. The maximum atomic E-state index is 12.2. The Bertz CT molecular complexity index is 480. The molecule has 0 aliphatic heterocycles. The van der Waals surface area contributed by atoms with Gasteiger partial charge in [-0.3, -0.25) is 9.48 Å². The van der Waals surface area contributed by atoms with Crippen molar-refractivity contribution in [1.82, 2.24) is 20.0 Å². The fraction of sp³-hybridized carbons (Fsp3) is 0.615. The molecule has 7 nitrogen and oxygen atoms in total. The van der Waals surface area contributed by atoms with E-state index in [4.69, 9.17) is 5.11 Å². The molecular weight excluding hydrogens is 260 g/mol. The standard InChI is InChI=1S/C13H20N4O3/c1-16-11(6-7-15-16)8-14-13(20)17(9-12(18)19)10-4-2-3-5-10/h6-7,10H,2-5,8-9H2,1H3,(H,14,20)(H,18,19). The SMILES string of the molecule is Cn1nccc1CNC(=O)N(CC(=O)O)C1CCCC1. The highest BCUT2D eigenvalue weighted by atomic mass is 16.4. The summed E-state index contributed by atoms with van der Waals surface area (Å²) >= 11 is 0. The first-order chi connectivity index (χ1) is 9.58. The van der Waals surface area contributed by atoms with Crippen molar-refractivity contribution in [2.24, 2.45) is 7.05 Å². The zero-order valence-corrected chi connectivity index (χ0v) is 11.6. The van der Waals surface area contributed by atoms with Crippen LogP contribution in [0.2, 0.25) is 0 Å². The van der Waals surface area contributed by atoms with Crippen molar-refractivity contribution in [3.8, 4) is 0 Å². The van der Waals surface area contributed by atoms with Gasteiger partial charge >= 0.3 is 12.0 Å². The molecule has 0 bridgehead atoms. The number of carboxylic acids is 1. The van der Waals surface area contributed by atoms with Crippen molar-refractivity contribution in [1.29, 1.82) is 0 Å². The smallest absolute Gasteiger partial charge is 0.323 e. The molecule has 1 aliphatic rings. The zero-order chi connectivity index (χ0) is 14.5. The quantitative estimate of drug-likeness (QED) is 0.841. The van der Waals surface area contributed by atoms with E-state index in [1.165, 1.54) is 4.90 Å². The minimum atomic E-state index is -0.979. The fourth-order valence-corrected chi connectivity index (χ4v) is 2.57. The molecule has 110 valence electrons. The van der Waals surface area contributed by atoms with Crippen LogP contribution >= 0.6 is 0 Å². The number of urea groups is 1. The zero-order valence-electron chi connectivity index (χ0n) is 11.6. The molecular formula is C13H20N4O3. The number of carboxylic acid groups (broad SMARTS) is 1. The van der Waals surface area contributed by atoms with E-state index < -0.39 is 5.97 Å². The molecule has 2 amide bonds. The number of aryl methyl sites for hydroxylation is 1. The lowest BCUT2D eigenvalue weighted by molar-refractivity contribution is -0.138. The predicted molar refractivity (Wildman–Crippen MR) is 72.0 cm³/mol. The predicted octanol–water partition coefficient (Wildman–Crippen LogP) is 0.959. The number of rotatable bonds is 5. The normalized spacial score (nSPS) is 15.2. The van der Waals surface area contributed by atoms with Gasteiger partial charge < -0.3 is 15.3 Å². The monoisotopic (exact) mass is 280 g/mol. The maximum absolute atomic E-state index is 12.2. The molecule has 0 atom stereocenters. The van der Waals surface area contributed by atoms with Crippen LogP contribution < -0.4 is 5.32 Å². The average Bonchev–Trinajstić information content (AvgIpc) is 3.04. The van der Waals surface area contributed by atoms with Crippen LogP contribution in [0.25, 0.3) is 0 Å². The van der Waals surface area contributed by atoms with E-state index in [0.717, 1.165) is 31.4 Å². The largest absolute Gasteiger partial charge is 0.480 e. The van der Waals surface area contributed by atoms with Gasteiger partial charge in [-0.25, -0.2) is 4.79 Å². The summed E-state index contributed by atoms with van der Waals surface area (Å²) in [5.41, 5.74) is 0.875. The highest BCUT2D eigenvalue weighted by Crippen LogP contribution is 2.23. The van der Waals surface area contributed by atoms with Gasteiger partial charge in [0.2, 0.25) is 0 Å². The summed E-state index contributed by atoms with van der Waals surface area (Å²) in [6.45, 7) is 0.0973. The fourth-order valence-electron chi connectivity index (χ4n) is 2.57. The lowest BCUT2D eigenvalue weighted by Gasteiger charge is -2.27. The molecule has 0 radical (unpaired) electrons. The second-order valence-corrected chi connectivity index (χ2v) is 5.06. The van der Waals surface area contributed by atoms with Crippen molar-refractivity contribution < 1.29 is 14.7 Å². The van der Waals surface area contributed by atoms with Gasteiger partial charge in [-0.2, -0.15) is 5.10 Å². The number of aromatic nitrogens is 2. The molecule has 1 heterocycles. The second kappa shape index (κ2) is 6.40. The van der Waals surface area contributed by atoms with E-state index in [9.17, 15) is 9.59 Å². The van der Waals surface area contributed by atoms with Crippen molar-refractivity contribution in [3.63, 3.8) is 0 Å². The molecule has 0 spiro atoms. The number of carbonyl (C=O) groups is 2. The van der Waals surface area contributed by atoms with Crippen LogP contribution in [-0.2, 0) is 18.4 Å². The molecule has 1 aromatic heterocycles. The number of hydrogen-bond donors (Lipinski definition) is 2. The molecule has 1 fully saturated rings. The first kappa shape index (κ1) is 14.4. The topological polar surface area (TPSA) is 87.5 Å². The molecule has 20 heavy (non-hydrogen) atoms. The van der Waals surface area contributed by atoms with E-state index in [1.807, 2.05) is 6.07 Å². The van der Waals surface area contributed by atoms with E-state index in [-0.39, 0.29) is 18.6 Å². The van der Waals surface area contributed by atoms with E-state index >= 15 is 0 Å². The van der Waals surface area contributed by atoms with Gasteiger partial charge in [0, 0.05) is 19.3 Å². The van der Waals surface area contributed by atoms with Crippen molar-refractivity contribution in [2.75, 3.05) is 6.54 Å². The number of carbonyl (C=O) groups excluding carboxylic acids is 1. The van der Waals surface area contributed by atoms with Crippen LogP contribution in [0.15, 0.2) is 12.3 Å². The summed E-state index contributed by atoms with van der Waals surface area (Å²) in [5, 5.41) is 15.7. The van der Waals surface area contributed by atoms with Crippen molar-refractivity contribution in [3.05, 3.63) is 18.0 Å². The Morgan fingerprint density at radius 1 is 1.50 bits per heavy atom. The van der Waals surface area contributed by atoms with Crippen LogP contribution in [0, 0.1) is 0 Å². The Balaban J connectivity index is 1.95. The van der Waals surface area contributed by atoms with Crippen LogP contribution in [0.4, 0.5) is 4.79 Å². The molecule has 0 unspecified atom stereocenters. The van der Waals surface area contributed by atoms with Crippen LogP contribution in [0.1, 0.15) is 31.4 Å². The average molecular weight is 280 g/mol. The number of amides is 2. The molecule has 1 saturated carbocycles. The minimum absolute atomic E-state index is 0.0395. The maximum Gasteiger partial charge on any atom is 0.323 e. The van der Waals surface area contributed by atoms with Gasteiger partial charge in [0.15, 0.2) is 0 Å². The Morgan fingerprint density at radius 2 is 2.20 bits per heavy atom. The van der Waals surface area contributed by atoms with Gasteiger partial charge in [-0.15, -0.1) is 0 Å². The third-order valence-electron chi connectivity index (χ3n) is 3.68. The van der Waals surface area contributed by atoms with E-state index in [2.05, 4.69) is 10.4 Å². The second-order valence-electron chi connectivity index (χ2n) is 5.06. The van der Waals surface area contributed by atoms with Crippen molar-refractivity contribution >= 4 is 12.0 Å². The summed E-state index contributed by atoms with van der Waals surface area (Å²) in [5.74, 6) is -0.979. The number of nitrogens with one attached hydrogen (secondary N) is 1. The van der Waals surface area contributed by atoms with Gasteiger partial charge in [0.1, 0.15) is 6.54 Å². The van der Waals surface area contributed by atoms with Crippen LogP contribution in [0.3, 0.4) is 0 Å². The molecule has 2 N–H and O–H groups in total. The van der Waals surface area contributed by atoms with E-state index in [1.54, 1.807) is 17.9 Å². The third kappa shape index (κ3) is 3.49. The molecule has 2 rings (SSSR count). The third-order valence-corrected chi connectivity index (χ3v) is 3.68. The Hall–Kier alpha value is -2.05. The number of hydrogen-bond acceptors (Lipinski definition) is 3. The lowest BCUT2D eigenvalue weighted by atomic mass is 10.2.